The van der Waals surface area contributed by atoms with Crippen molar-refractivity contribution in [3.8, 4) is 0 Å². The Labute approximate surface area is 106 Å². The van der Waals surface area contributed by atoms with Crippen LogP contribution in [0.1, 0.15) is 25.7 Å². The maximum absolute atomic E-state index is 8.76. The zero-order chi connectivity index (χ0) is 12.7. The molecule has 0 spiro atoms. The number of aliphatic hydroxyl groups is 1. The summed E-state index contributed by atoms with van der Waals surface area (Å²) in [5.41, 5.74) is 0. The molecule has 1 N–H and O–H groups in total. The van der Waals surface area contributed by atoms with Crippen molar-refractivity contribution in [2.45, 2.75) is 38.8 Å². The molecule has 1 rings (SSSR count). The van der Waals surface area contributed by atoms with Crippen LogP contribution in [0.4, 0.5) is 0 Å². The van der Waals surface area contributed by atoms with Crippen LogP contribution >= 0.6 is 0 Å². The fourth-order valence-corrected chi connectivity index (χ4v) is 4.23. The highest BCUT2D eigenvalue weighted by atomic mass is 28.3. The van der Waals surface area contributed by atoms with E-state index in [1.807, 2.05) is 0 Å². The lowest BCUT2D eigenvalue weighted by Gasteiger charge is -2.26. The smallest absolute Gasteiger partial charge is 0.106 e. The monoisotopic (exact) mass is 248 g/mol. The van der Waals surface area contributed by atoms with Crippen LogP contribution in [0, 0.1) is 0 Å². The Morgan fingerprint density at radius 1 is 1.12 bits per heavy atom. The van der Waals surface area contributed by atoms with E-state index < -0.39 is 8.07 Å². The van der Waals surface area contributed by atoms with Gasteiger partial charge in [0.2, 0.25) is 0 Å². The molecule has 0 saturated heterocycles. The fraction of sp³-hybridized carbons (Fsp3) is 0.467. The largest absolute Gasteiger partial charge is 0.396 e. The van der Waals surface area contributed by atoms with Crippen LogP contribution in [-0.4, -0.2) is 19.8 Å². The topological polar surface area (TPSA) is 20.2 Å². The molecule has 0 atom stereocenters. The normalized spacial score (nSPS) is 11.5. The van der Waals surface area contributed by atoms with Crippen LogP contribution in [0.5, 0.6) is 0 Å². The molecular formula is C15H24OSi. The summed E-state index contributed by atoms with van der Waals surface area (Å²) in [4.78, 5) is 0. The Balaban J connectivity index is 2.55. The van der Waals surface area contributed by atoms with Crippen LogP contribution < -0.4 is 5.19 Å². The third kappa shape index (κ3) is 4.13. The lowest BCUT2D eigenvalue weighted by Crippen LogP contribution is -2.43. The van der Waals surface area contributed by atoms with Gasteiger partial charge in [-0.1, -0.05) is 60.2 Å². The summed E-state index contributed by atoms with van der Waals surface area (Å²) in [7, 11) is -1.50. The molecule has 0 bridgehead atoms. The van der Waals surface area contributed by atoms with E-state index in [9.17, 15) is 0 Å². The zero-order valence-electron chi connectivity index (χ0n) is 11.1. The van der Waals surface area contributed by atoms with Crippen LogP contribution in [0.2, 0.25) is 13.1 Å². The fourth-order valence-electron chi connectivity index (χ4n) is 2.00. The summed E-state index contributed by atoms with van der Waals surface area (Å²) >= 11 is 0. The first-order valence-electron chi connectivity index (χ1n) is 6.43. The van der Waals surface area contributed by atoms with Gasteiger partial charge in [-0.25, -0.2) is 0 Å². The van der Waals surface area contributed by atoms with E-state index in [0.717, 1.165) is 25.7 Å². The van der Waals surface area contributed by atoms with Gasteiger partial charge in [-0.3, -0.25) is 0 Å². The van der Waals surface area contributed by atoms with Gasteiger partial charge in [0.15, 0.2) is 0 Å². The Morgan fingerprint density at radius 3 is 2.35 bits per heavy atom. The van der Waals surface area contributed by atoms with Gasteiger partial charge < -0.3 is 5.11 Å². The van der Waals surface area contributed by atoms with E-state index >= 15 is 0 Å². The van der Waals surface area contributed by atoms with E-state index in [2.05, 4.69) is 50.0 Å². The number of hydrogen-bond donors (Lipinski definition) is 1. The van der Waals surface area contributed by atoms with Gasteiger partial charge in [-0.05, 0) is 19.3 Å². The van der Waals surface area contributed by atoms with Gasteiger partial charge in [-0.15, -0.1) is 6.58 Å². The number of benzene rings is 1. The zero-order valence-corrected chi connectivity index (χ0v) is 12.1. The quantitative estimate of drug-likeness (QED) is 0.580. The van der Waals surface area contributed by atoms with Gasteiger partial charge in [0.1, 0.15) is 8.07 Å². The van der Waals surface area contributed by atoms with Crippen LogP contribution in [0.25, 0.3) is 0 Å². The van der Waals surface area contributed by atoms with Gasteiger partial charge >= 0.3 is 0 Å². The molecule has 0 radical (unpaired) electrons. The summed E-state index contributed by atoms with van der Waals surface area (Å²) in [6, 6.07) is 10.8. The minimum absolute atomic E-state index is 0.311. The average molecular weight is 248 g/mol. The van der Waals surface area contributed by atoms with Crippen molar-refractivity contribution in [1.29, 1.82) is 0 Å². The molecule has 17 heavy (non-hydrogen) atoms. The van der Waals surface area contributed by atoms with Crippen LogP contribution in [-0.2, 0) is 0 Å². The number of allylic oxidation sites excluding steroid dienone is 1. The highest BCUT2D eigenvalue weighted by Gasteiger charge is 2.25. The minimum Gasteiger partial charge on any atom is -0.396 e. The maximum atomic E-state index is 8.76. The van der Waals surface area contributed by atoms with E-state index in [1.165, 1.54) is 10.4 Å². The number of hydrogen-bond acceptors (Lipinski definition) is 1. The molecule has 94 valence electrons. The highest BCUT2D eigenvalue weighted by molar-refractivity contribution is 6.95. The molecule has 1 aromatic rings. The van der Waals surface area contributed by atoms with Gasteiger partial charge in [0, 0.05) is 6.61 Å². The number of rotatable bonds is 7. The predicted octanol–water partition coefficient (Wildman–Crippen LogP) is 3.25. The molecule has 0 aliphatic carbocycles. The lowest BCUT2D eigenvalue weighted by molar-refractivity contribution is 0.283. The third-order valence-electron chi connectivity index (χ3n) is 3.52. The van der Waals surface area contributed by atoms with Gasteiger partial charge in [0.05, 0.1) is 0 Å². The summed E-state index contributed by atoms with van der Waals surface area (Å²) in [5, 5.41) is 11.6. The maximum Gasteiger partial charge on any atom is 0.106 e. The van der Waals surface area contributed by atoms with Crippen LogP contribution in [0.3, 0.4) is 0 Å². The van der Waals surface area contributed by atoms with Crippen molar-refractivity contribution in [3.05, 3.63) is 42.1 Å². The highest BCUT2D eigenvalue weighted by Crippen LogP contribution is 2.19. The van der Waals surface area contributed by atoms with Gasteiger partial charge in [-0.2, -0.15) is 0 Å². The van der Waals surface area contributed by atoms with E-state index in [1.54, 1.807) is 0 Å². The molecule has 0 aliphatic heterocycles. The van der Waals surface area contributed by atoms with Gasteiger partial charge in [0.25, 0.3) is 0 Å². The van der Waals surface area contributed by atoms with Crippen molar-refractivity contribution in [2.75, 3.05) is 6.61 Å². The summed E-state index contributed by atoms with van der Waals surface area (Å²) in [5.74, 6) is 0. The third-order valence-corrected chi connectivity index (χ3v) is 7.31. The molecule has 0 aromatic heterocycles. The summed E-state index contributed by atoms with van der Waals surface area (Å²) in [6.07, 6.45) is 4.28. The molecule has 1 aromatic carbocycles. The molecule has 0 amide bonds. The molecule has 1 nitrogen and oxygen atoms in total. The predicted molar refractivity (Wildman–Crippen MR) is 78.3 cm³/mol. The molecule has 2 heteroatoms. The van der Waals surface area contributed by atoms with Crippen molar-refractivity contribution < 1.29 is 5.11 Å². The second kappa shape index (κ2) is 6.77. The van der Waals surface area contributed by atoms with E-state index in [0.29, 0.717) is 6.61 Å². The number of aliphatic hydroxyl groups excluding tert-OH is 1. The molecular weight excluding hydrogens is 224 g/mol. The number of unbranched alkanes of at least 4 members (excludes halogenated alkanes) is 2. The SMILES string of the molecule is C=C(CCCCCO)[Si](C)(C)c1ccccc1. The standard InChI is InChI=1S/C15H24OSi/c1-14(10-6-5-9-13-16)17(2,3)15-11-7-4-8-12-15/h4,7-8,11-12,16H,1,5-6,9-10,13H2,2-3H3. The Morgan fingerprint density at radius 2 is 1.76 bits per heavy atom. The van der Waals surface area contributed by atoms with Crippen LogP contribution in [0.15, 0.2) is 42.1 Å². The molecule has 0 heterocycles. The van der Waals surface area contributed by atoms with Crippen molar-refractivity contribution >= 4 is 13.3 Å². The van der Waals surface area contributed by atoms with E-state index in [-0.39, 0.29) is 0 Å². The molecule has 0 aliphatic rings. The Hall–Kier alpha value is -0.863. The first-order valence-corrected chi connectivity index (χ1v) is 9.43. The second-order valence-electron chi connectivity index (χ2n) is 5.13. The van der Waals surface area contributed by atoms with E-state index in [4.69, 9.17) is 5.11 Å². The first-order chi connectivity index (χ1) is 8.09. The molecule has 0 fully saturated rings. The second-order valence-corrected chi connectivity index (χ2v) is 9.66. The summed E-state index contributed by atoms with van der Waals surface area (Å²) in [6.45, 7) is 9.35. The lowest BCUT2D eigenvalue weighted by atomic mass is 10.2. The van der Waals surface area contributed by atoms with Crippen molar-refractivity contribution in [3.63, 3.8) is 0 Å². The Kier molecular flexibility index (Phi) is 5.66. The Bertz CT molecular complexity index is 343. The average Bonchev–Trinajstić information content (AvgIpc) is 2.35. The minimum atomic E-state index is -1.50. The molecule has 0 unspecified atom stereocenters. The first kappa shape index (κ1) is 14.2. The summed E-state index contributed by atoms with van der Waals surface area (Å²) < 4.78 is 0. The van der Waals surface area contributed by atoms with Crippen molar-refractivity contribution in [2.24, 2.45) is 0 Å². The van der Waals surface area contributed by atoms with Crippen molar-refractivity contribution in [1.82, 2.24) is 0 Å². The molecule has 0 saturated carbocycles.